The van der Waals surface area contributed by atoms with Crippen molar-refractivity contribution in [1.82, 2.24) is 0 Å². The molecular formula is C9H12O4S2. The minimum atomic E-state index is -3.55. The van der Waals surface area contributed by atoms with Crippen LogP contribution in [0.5, 0.6) is 5.75 Å². The Kier molecular flexibility index (Phi) is 4.46. The Morgan fingerprint density at radius 2 is 2.27 bits per heavy atom. The summed E-state index contributed by atoms with van der Waals surface area (Å²) in [5, 5.41) is 0. The van der Waals surface area contributed by atoms with Gasteiger partial charge in [0.1, 0.15) is 5.75 Å². The fourth-order valence-corrected chi connectivity index (χ4v) is 1.46. The van der Waals surface area contributed by atoms with Crippen LogP contribution in [0.4, 0.5) is 0 Å². The maximum Gasteiger partial charge on any atom is 0.266 e. The summed E-state index contributed by atoms with van der Waals surface area (Å²) in [7, 11) is -3.55. The van der Waals surface area contributed by atoms with Crippen molar-refractivity contribution in [2.24, 2.45) is 0 Å². The van der Waals surface area contributed by atoms with Crippen molar-refractivity contribution < 1.29 is 17.7 Å². The van der Waals surface area contributed by atoms with E-state index in [-0.39, 0.29) is 6.61 Å². The molecule has 4 nitrogen and oxygen atoms in total. The normalized spacial score (nSPS) is 14.5. The molecule has 0 fully saturated rings. The molecule has 84 valence electrons. The van der Waals surface area contributed by atoms with E-state index in [1.165, 1.54) is 0 Å². The predicted molar refractivity (Wildman–Crippen MR) is 60.5 cm³/mol. The van der Waals surface area contributed by atoms with E-state index < -0.39 is 9.05 Å². The van der Waals surface area contributed by atoms with Gasteiger partial charge in [-0.1, -0.05) is 12.1 Å². The minimum absolute atomic E-state index is 0.000250. The summed E-state index contributed by atoms with van der Waals surface area (Å²) in [5.74, 6) is 0.701. The molecular weight excluding hydrogens is 236 g/mol. The summed E-state index contributed by atoms with van der Waals surface area (Å²) in [4.78, 5) is 0. The lowest BCUT2D eigenvalue weighted by atomic mass is 10.2. The predicted octanol–water partition coefficient (Wildman–Crippen LogP) is 1.74. The molecule has 1 rings (SSSR count). The van der Waals surface area contributed by atoms with Crippen molar-refractivity contribution in [1.29, 1.82) is 0 Å². The molecule has 0 aromatic heterocycles. The number of rotatable bonds is 5. The zero-order valence-corrected chi connectivity index (χ0v) is 9.85. The van der Waals surface area contributed by atoms with E-state index in [1.807, 2.05) is 6.92 Å². The molecule has 0 aliphatic rings. The summed E-state index contributed by atoms with van der Waals surface area (Å²) in [6, 6.07) is 7.09. The van der Waals surface area contributed by atoms with Gasteiger partial charge in [-0.3, -0.25) is 8.74 Å². The topological polar surface area (TPSA) is 55.8 Å². The minimum Gasteiger partial charge on any atom is -0.494 e. The number of benzene rings is 1. The third kappa shape index (κ3) is 5.08. The molecule has 0 radical (unpaired) electrons. The molecule has 1 unspecified atom stereocenters. The molecule has 0 aliphatic carbocycles. The van der Waals surface area contributed by atoms with Crippen LogP contribution in [0.1, 0.15) is 12.5 Å². The van der Waals surface area contributed by atoms with Crippen molar-refractivity contribution in [2.45, 2.75) is 13.5 Å². The molecule has 15 heavy (non-hydrogen) atoms. The average molecular weight is 248 g/mol. The SMILES string of the molecule is CCOc1cccc(COS(=O)(O)=S)c1. The molecule has 0 saturated carbocycles. The highest BCUT2D eigenvalue weighted by atomic mass is 32.9. The largest absolute Gasteiger partial charge is 0.494 e. The Balaban J connectivity index is 2.65. The van der Waals surface area contributed by atoms with Crippen molar-refractivity contribution in [2.75, 3.05) is 6.61 Å². The first-order chi connectivity index (χ1) is 7.01. The Bertz CT molecular complexity index is 414. The number of hydrogen-bond acceptors (Lipinski definition) is 4. The van der Waals surface area contributed by atoms with E-state index in [0.29, 0.717) is 12.4 Å². The fourth-order valence-electron chi connectivity index (χ4n) is 1.03. The molecule has 1 aromatic carbocycles. The molecule has 0 amide bonds. The second kappa shape index (κ2) is 5.41. The van der Waals surface area contributed by atoms with E-state index in [4.69, 9.17) is 9.29 Å². The van der Waals surface area contributed by atoms with Gasteiger partial charge in [-0.15, -0.1) is 0 Å². The number of ether oxygens (including phenoxy) is 1. The van der Waals surface area contributed by atoms with Crippen molar-refractivity contribution in [3.8, 4) is 5.75 Å². The van der Waals surface area contributed by atoms with Crippen LogP contribution in [0, 0.1) is 0 Å². The lowest BCUT2D eigenvalue weighted by Crippen LogP contribution is -2.02. The van der Waals surface area contributed by atoms with Gasteiger partial charge in [0.05, 0.1) is 13.2 Å². The summed E-state index contributed by atoms with van der Waals surface area (Å²) in [6.45, 7) is 2.45. The van der Waals surface area contributed by atoms with E-state index in [2.05, 4.69) is 15.4 Å². The molecule has 6 heteroatoms. The van der Waals surface area contributed by atoms with Crippen molar-refractivity contribution >= 4 is 20.2 Å². The second-order valence-corrected chi connectivity index (χ2v) is 5.13. The summed E-state index contributed by atoms with van der Waals surface area (Å²) >= 11 is 4.20. The quantitative estimate of drug-likeness (QED) is 0.860. The highest BCUT2D eigenvalue weighted by Gasteiger charge is 2.02. The van der Waals surface area contributed by atoms with Gasteiger partial charge < -0.3 is 4.74 Å². The van der Waals surface area contributed by atoms with Gasteiger partial charge in [0.25, 0.3) is 9.05 Å². The van der Waals surface area contributed by atoms with Crippen LogP contribution in [-0.4, -0.2) is 15.4 Å². The van der Waals surface area contributed by atoms with E-state index >= 15 is 0 Å². The van der Waals surface area contributed by atoms with Crippen molar-refractivity contribution in [3.63, 3.8) is 0 Å². The van der Waals surface area contributed by atoms with Crippen LogP contribution in [0.15, 0.2) is 24.3 Å². The first kappa shape index (κ1) is 12.4. The van der Waals surface area contributed by atoms with Crippen LogP contribution in [0.2, 0.25) is 0 Å². The first-order valence-electron chi connectivity index (χ1n) is 4.35. The second-order valence-electron chi connectivity index (χ2n) is 2.77. The highest BCUT2D eigenvalue weighted by Crippen LogP contribution is 2.14. The van der Waals surface area contributed by atoms with Crippen LogP contribution >= 0.6 is 0 Å². The molecule has 0 saturated heterocycles. The van der Waals surface area contributed by atoms with Crippen LogP contribution in [-0.2, 0) is 31.0 Å². The molecule has 0 bridgehead atoms. The van der Waals surface area contributed by atoms with Gasteiger partial charge in [-0.25, -0.2) is 0 Å². The standard InChI is InChI=1S/C9H12O4S2/c1-2-12-9-5-3-4-8(6-9)7-13-15(10,11)14/h3-6H,2,7H2,1H3,(H,10,11,14). The van der Waals surface area contributed by atoms with Gasteiger partial charge in [0.15, 0.2) is 0 Å². The first-order valence-corrected chi connectivity index (χ1v) is 6.71. The zero-order valence-electron chi connectivity index (χ0n) is 8.21. The Morgan fingerprint density at radius 3 is 2.87 bits per heavy atom. The Morgan fingerprint density at radius 1 is 1.53 bits per heavy atom. The summed E-state index contributed by atoms with van der Waals surface area (Å²) in [6.07, 6.45) is 0. The Hall–Kier alpha value is -0.690. The van der Waals surface area contributed by atoms with Gasteiger partial charge >= 0.3 is 0 Å². The van der Waals surface area contributed by atoms with Crippen LogP contribution in [0.3, 0.4) is 0 Å². The van der Waals surface area contributed by atoms with Crippen LogP contribution < -0.4 is 4.74 Å². The third-order valence-electron chi connectivity index (χ3n) is 1.58. The lowest BCUT2D eigenvalue weighted by Gasteiger charge is -2.06. The summed E-state index contributed by atoms with van der Waals surface area (Å²) in [5.41, 5.74) is 0.743. The van der Waals surface area contributed by atoms with E-state index in [9.17, 15) is 4.21 Å². The highest BCUT2D eigenvalue weighted by molar-refractivity contribution is 8.27. The lowest BCUT2D eigenvalue weighted by molar-refractivity contribution is 0.293. The Labute approximate surface area is 93.9 Å². The maximum absolute atomic E-state index is 10.7. The molecule has 1 N–H and O–H groups in total. The van der Waals surface area contributed by atoms with Crippen molar-refractivity contribution in [3.05, 3.63) is 29.8 Å². The number of hydrogen-bond donors (Lipinski definition) is 1. The van der Waals surface area contributed by atoms with E-state index in [1.54, 1.807) is 24.3 Å². The monoisotopic (exact) mass is 248 g/mol. The zero-order chi connectivity index (χ0) is 11.3. The molecule has 0 aliphatic heterocycles. The fraction of sp³-hybridized carbons (Fsp3) is 0.333. The van der Waals surface area contributed by atoms with Gasteiger partial charge in [-0.2, -0.15) is 4.21 Å². The van der Waals surface area contributed by atoms with E-state index in [0.717, 1.165) is 5.56 Å². The van der Waals surface area contributed by atoms with Gasteiger partial charge in [-0.05, 0) is 24.6 Å². The molecule has 1 aromatic rings. The maximum atomic E-state index is 10.7. The molecule has 1 atom stereocenters. The third-order valence-corrected chi connectivity index (χ3v) is 2.29. The smallest absolute Gasteiger partial charge is 0.266 e. The van der Waals surface area contributed by atoms with Crippen LogP contribution in [0.25, 0.3) is 0 Å². The molecule has 0 spiro atoms. The van der Waals surface area contributed by atoms with Gasteiger partial charge in [0, 0.05) is 11.2 Å². The van der Waals surface area contributed by atoms with Gasteiger partial charge in [0.2, 0.25) is 0 Å². The summed E-state index contributed by atoms with van der Waals surface area (Å²) < 4.78 is 29.3. The molecule has 0 heterocycles. The average Bonchev–Trinajstić information content (AvgIpc) is 2.15.